The van der Waals surface area contributed by atoms with Crippen molar-refractivity contribution in [3.63, 3.8) is 0 Å². The zero-order valence-electron chi connectivity index (χ0n) is 14.4. The first-order valence-electron chi connectivity index (χ1n) is 8.27. The van der Waals surface area contributed by atoms with E-state index in [0.29, 0.717) is 0 Å². The van der Waals surface area contributed by atoms with Crippen molar-refractivity contribution < 1.29 is 9.94 Å². The fourth-order valence-corrected chi connectivity index (χ4v) is 3.15. The number of hydrogen-bond donors (Lipinski definition) is 1. The molecule has 4 nitrogen and oxygen atoms in total. The third-order valence-electron chi connectivity index (χ3n) is 4.75. The van der Waals surface area contributed by atoms with E-state index in [1.165, 1.54) is 10.6 Å². The lowest BCUT2D eigenvalue weighted by atomic mass is 9.91. The molecule has 0 aromatic heterocycles. The first-order chi connectivity index (χ1) is 11.5. The van der Waals surface area contributed by atoms with Crippen LogP contribution in [-0.4, -0.2) is 29.6 Å². The molecule has 0 spiro atoms. The van der Waals surface area contributed by atoms with Gasteiger partial charge in [0.2, 0.25) is 0 Å². The van der Waals surface area contributed by atoms with E-state index in [2.05, 4.69) is 12.1 Å². The van der Waals surface area contributed by atoms with Crippen LogP contribution in [-0.2, 0) is 0 Å². The van der Waals surface area contributed by atoms with Gasteiger partial charge in [-0.15, -0.1) is 0 Å². The molecular formula is C20H24N2O2. The Morgan fingerprint density at radius 3 is 2.38 bits per heavy atom. The summed E-state index contributed by atoms with van der Waals surface area (Å²) >= 11 is 0. The summed E-state index contributed by atoms with van der Waals surface area (Å²) in [6.45, 7) is 4.05. The van der Waals surface area contributed by atoms with Gasteiger partial charge in [0.25, 0.3) is 0 Å². The third kappa shape index (κ3) is 3.15. The molecular weight excluding hydrogens is 300 g/mol. The van der Waals surface area contributed by atoms with Gasteiger partial charge in [-0.05, 0) is 56.5 Å². The molecule has 0 radical (unpaired) electrons. The predicted molar refractivity (Wildman–Crippen MR) is 97.3 cm³/mol. The van der Waals surface area contributed by atoms with Crippen molar-refractivity contribution in [2.24, 2.45) is 4.99 Å². The second-order valence-electron chi connectivity index (χ2n) is 6.66. The normalized spacial score (nSPS) is 17.5. The highest BCUT2D eigenvalue weighted by atomic mass is 16.5. The van der Waals surface area contributed by atoms with Gasteiger partial charge in [-0.2, -0.15) is 0 Å². The molecule has 0 fully saturated rings. The van der Waals surface area contributed by atoms with E-state index in [0.717, 1.165) is 30.0 Å². The molecule has 1 aliphatic rings. The van der Waals surface area contributed by atoms with Gasteiger partial charge >= 0.3 is 0 Å². The van der Waals surface area contributed by atoms with Crippen LogP contribution in [0.3, 0.4) is 0 Å². The van der Waals surface area contributed by atoms with E-state index in [4.69, 9.17) is 9.73 Å². The van der Waals surface area contributed by atoms with Crippen LogP contribution >= 0.6 is 0 Å². The van der Waals surface area contributed by atoms with Gasteiger partial charge in [0.05, 0.1) is 24.4 Å². The lowest BCUT2D eigenvalue weighted by Gasteiger charge is -2.38. The monoisotopic (exact) mass is 324 g/mol. The van der Waals surface area contributed by atoms with Crippen LogP contribution < -0.4 is 9.80 Å². The first-order valence-corrected chi connectivity index (χ1v) is 8.27. The van der Waals surface area contributed by atoms with Crippen molar-refractivity contribution >= 4 is 11.4 Å². The zero-order chi connectivity index (χ0) is 17.2. The molecule has 0 saturated heterocycles. The van der Waals surface area contributed by atoms with Crippen LogP contribution in [0.5, 0.6) is 5.75 Å². The quantitative estimate of drug-likeness (QED) is 0.833. The molecule has 24 heavy (non-hydrogen) atoms. The third-order valence-corrected chi connectivity index (χ3v) is 4.75. The summed E-state index contributed by atoms with van der Waals surface area (Å²) in [5, 5.41) is 12.1. The van der Waals surface area contributed by atoms with E-state index in [1.54, 1.807) is 7.11 Å². The van der Waals surface area contributed by atoms with E-state index in [1.807, 2.05) is 56.3 Å². The van der Waals surface area contributed by atoms with E-state index in [-0.39, 0.29) is 6.04 Å². The second kappa shape index (κ2) is 6.65. The Balaban J connectivity index is 1.80. The molecule has 0 amide bonds. The number of ether oxygens (including phenoxy) is 1. The standard InChI is InChI=1S/C20H24N2O2/c1-20(2,22(23)16-9-11-17(24-3)12-10-16)19-14-13-18(21-19)15-7-5-4-6-8-15/h4-12,19,23H,13-14H2,1-3H3. The molecule has 0 aliphatic carbocycles. The van der Waals surface area contributed by atoms with E-state index >= 15 is 0 Å². The number of nitrogens with zero attached hydrogens (tertiary/aromatic N) is 2. The van der Waals surface area contributed by atoms with Crippen LogP contribution in [0.25, 0.3) is 0 Å². The Morgan fingerprint density at radius 1 is 1.08 bits per heavy atom. The summed E-state index contributed by atoms with van der Waals surface area (Å²) < 4.78 is 5.18. The molecule has 2 aromatic carbocycles. The maximum Gasteiger partial charge on any atom is 0.119 e. The molecule has 2 aromatic rings. The zero-order valence-corrected chi connectivity index (χ0v) is 14.4. The topological polar surface area (TPSA) is 45.1 Å². The first kappa shape index (κ1) is 16.5. The van der Waals surface area contributed by atoms with Crippen molar-refractivity contribution in [2.45, 2.75) is 38.3 Å². The Hall–Kier alpha value is -2.33. The van der Waals surface area contributed by atoms with Crippen molar-refractivity contribution in [3.05, 3.63) is 60.2 Å². The minimum Gasteiger partial charge on any atom is -0.497 e. The van der Waals surface area contributed by atoms with Gasteiger partial charge in [0.15, 0.2) is 0 Å². The Bertz CT molecular complexity index is 708. The maximum atomic E-state index is 10.8. The number of methoxy groups -OCH3 is 1. The fourth-order valence-electron chi connectivity index (χ4n) is 3.15. The number of aliphatic imine (C=N–C) groups is 1. The molecule has 0 bridgehead atoms. The van der Waals surface area contributed by atoms with Gasteiger partial charge < -0.3 is 4.74 Å². The summed E-state index contributed by atoms with van der Waals surface area (Å²) in [6, 6.07) is 17.7. The van der Waals surface area contributed by atoms with Gasteiger partial charge in [-0.1, -0.05) is 30.3 Å². The molecule has 1 atom stereocenters. The van der Waals surface area contributed by atoms with Gasteiger partial charge in [-0.25, -0.2) is 5.06 Å². The number of rotatable bonds is 5. The summed E-state index contributed by atoms with van der Waals surface area (Å²) in [5.41, 5.74) is 2.54. The van der Waals surface area contributed by atoms with Crippen LogP contribution in [0, 0.1) is 0 Å². The minimum absolute atomic E-state index is 0.0415. The van der Waals surface area contributed by atoms with Crippen LogP contribution in [0.1, 0.15) is 32.3 Å². The smallest absolute Gasteiger partial charge is 0.119 e. The molecule has 3 rings (SSSR count). The van der Waals surface area contributed by atoms with Crippen molar-refractivity contribution in [2.75, 3.05) is 12.2 Å². The van der Waals surface area contributed by atoms with E-state index < -0.39 is 5.54 Å². The molecule has 4 heteroatoms. The summed E-state index contributed by atoms with van der Waals surface area (Å²) in [6.07, 6.45) is 1.87. The Morgan fingerprint density at radius 2 is 1.75 bits per heavy atom. The van der Waals surface area contributed by atoms with Crippen molar-refractivity contribution in [3.8, 4) is 5.75 Å². The van der Waals surface area contributed by atoms with Crippen LogP contribution in [0.2, 0.25) is 0 Å². The van der Waals surface area contributed by atoms with Crippen LogP contribution in [0.15, 0.2) is 59.6 Å². The predicted octanol–water partition coefficient (Wildman–Crippen LogP) is 4.32. The van der Waals surface area contributed by atoms with Gasteiger partial charge in [0.1, 0.15) is 5.75 Å². The average Bonchev–Trinajstić information content (AvgIpc) is 3.13. The fraction of sp³-hybridized carbons (Fsp3) is 0.350. The lowest BCUT2D eigenvalue weighted by Crippen LogP contribution is -2.49. The molecule has 126 valence electrons. The number of benzene rings is 2. The number of anilines is 1. The molecule has 0 saturated carbocycles. The van der Waals surface area contributed by atoms with Gasteiger partial charge in [0, 0.05) is 5.71 Å². The van der Waals surface area contributed by atoms with Crippen molar-refractivity contribution in [1.82, 2.24) is 0 Å². The molecule has 1 unspecified atom stereocenters. The minimum atomic E-state index is -0.495. The average molecular weight is 324 g/mol. The highest BCUT2D eigenvalue weighted by molar-refractivity contribution is 6.01. The lowest BCUT2D eigenvalue weighted by molar-refractivity contribution is 0.151. The highest BCUT2D eigenvalue weighted by Crippen LogP contribution is 2.33. The van der Waals surface area contributed by atoms with E-state index in [9.17, 15) is 5.21 Å². The number of hydrogen-bond acceptors (Lipinski definition) is 4. The summed E-state index contributed by atoms with van der Waals surface area (Å²) in [7, 11) is 1.63. The van der Waals surface area contributed by atoms with Gasteiger partial charge in [-0.3, -0.25) is 10.2 Å². The second-order valence-corrected chi connectivity index (χ2v) is 6.66. The highest BCUT2D eigenvalue weighted by Gasteiger charge is 2.38. The maximum absolute atomic E-state index is 10.8. The summed E-state index contributed by atoms with van der Waals surface area (Å²) in [5.74, 6) is 0.773. The molecule has 1 N–H and O–H groups in total. The largest absolute Gasteiger partial charge is 0.497 e. The Labute approximate surface area is 143 Å². The SMILES string of the molecule is COc1ccc(N(O)C(C)(C)C2CCC(c3ccccc3)=N2)cc1. The number of hydroxylamine groups is 1. The summed E-state index contributed by atoms with van der Waals surface area (Å²) in [4.78, 5) is 4.90. The van der Waals surface area contributed by atoms with Crippen molar-refractivity contribution in [1.29, 1.82) is 0 Å². The molecule has 1 heterocycles. The molecule has 1 aliphatic heterocycles. The Kier molecular flexibility index (Phi) is 4.58. The van der Waals surface area contributed by atoms with Crippen LogP contribution in [0.4, 0.5) is 5.69 Å².